The van der Waals surface area contributed by atoms with Gasteiger partial charge in [-0.3, -0.25) is 4.79 Å². The standard InChI is InChI=1S/C11H12ClFO2/c1-7(2)10(14)6-15-11-4-3-8(13)5-9(11)12/h3-5,7H,6H2,1-2H3. The Kier molecular flexibility index (Phi) is 4.09. The molecular weight excluding hydrogens is 219 g/mol. The highest BCUT2D eigenvalue weighted by Gasteiger charge is 2.09. The maximum atomic E-state index is 12.7. The van der Waals surface area contributed by atoms with Crippen molar-refractivity contribution in [3.63, 3.8) is 0 Å². The van der Waals surface area contributed by atoms with E-state index < -0.39 is 5.82 Å². The number of carbonyl (C=O) groups is 1. The third kappa shape index (κ3) is 3.51. The molecule has 2 nitrogen and oxygen atoms in total. The van der Waals surface area contributed by atoms with Crippen molar-refractivity contribution in [2.75, 3.05) is 6.61 Å². The minimum absolute atomic E-state index is 0.0182. The zero-order chi connectivity index (χ0) is 11.4. The second kappa shape index (κ2) is 5.12. The lowest BCUT2D eigenvalue weighted by atomic mass is 10.1. The number of ether oxygens (including phenoxy) is 1. The van der Waals surface area contributed by atoms with Crippen molar-refractivity contribution in [1.82, 2.24) is 0 Å². The summed E-state index contributed by atoms with van der Waals surface area (Å²) in [5, 5.41) is 0.173. The summed E-state index contributed by atoms with van der Waals surface area (Å²) in [5.41, 5.74) is 0. The third-order valence-corrected chi connectivity index (χ3v) is 2.20. The second-order valence-electron chi connectivity index (χ2n) is 3.48. The van der Waals surface area contributed by atoms with Crippen LogP contribution >= 0.6 is 11.6 Å². The fourth-order valence-corrected chi connectivity index (χ4v) is 1.13. The Morgan fingerprint density at radius 3 is 2.73 bits per heavy atom. The van der Waals surface area contributed by atoms with Crippen molar-refractivity contribution in [2.45, 2.75) is 13.8 Å². The quantitative estimate of drug-likeness (QED) is 0.795. The van der Waals surface area contributed by atoms with Gasteiger partial charge in [0.2, 0.25) is 0 Å². The Hall–Kier alpha value is -1.09. The molecular formula is C11H12ClFO2. The van der Waals surface area contributed by atoms with Crippen molar-refractivity contribution in [2.24, 2.45) is 5.92 Å². The molecule has 0 aromatic heterocycles. The summed E-state index contributed by atoms with van der Waals surface area (Å²) >= 11 is 5.72. The summed E-state index contributed by atoms with van der Waals surface area (Å²) in [6.07, 6.45) is 0. The van der Waals surface area contributed by atoms with Gasteiger partial charge < -0.3 is 4.74 Å². The summed E-state index contributed by atoms with van der Waals surface area (Å²) in [4.78, 5) is 11.3. The van der Waals surface area contributed by atoms with Crippen LogP contribution in [0.25, 0.3) is 0 Å². The number of carbonyl (C=O) groups excluding carboxylic acids is 1. The number of hydrogen-bond acceptors (Lipinski definition) is 2. The van der Waals surface area contributed by atoms with Crippen molar-refractivity contribution >= 4 is 17.4 Å². The van der Waals surface area contributed by atoms with Gasteiger partial charge >= 0.3 is 0 Å². The van der Waals surface area contributed by atoms with Crippen molar-refractivity contribution in [3.8, 4) is 5.75 Å². The molecule has 0 aliphatic heterocycles. The predicted molar refractivity (Wildman–Crippen MR) is 56.8 cm³/mol. The van der Waals surface area contributed by atoms with Gasteiger partial charge in [0.15, 0.2) is 5.78 Å². The predicted octanol–water partition coefficient (Wildman–Crippen LogP) is 3.08. The molecule has 82 valence electrons. The minimum atomic E-state index is -0.428. The van der Waals surface area contributed by atoms with Gasteiger partial charge in [0.25, 0.3) is 0 Å². The topological polar surface area (TPSA) is 26.3 Å². The van der Waals surface area contributed by atoms with E-state index >= 15 is 0 Å². The molecule has 0 saturated heterocycles. The van der Waals surface area contributed by atoms with Crippen LogP contribution in [0.5, 0.6) is 5.75 Å². The van der Waals surface area contributed by atoms with Gasteiger partial charge in [-0.2, -0.15) is 0 Å². The molecule has 0 aliphatic rings. The number of rotatable bonds is 4. The van der Waals surface area contributed by atoms with Crippen LogP contribution in [0, 0.1) is 11.7 Å². The molecule has 0 aliphatic carbocycles. The van der Waals surface area contributed by atoms with E-state index in [-0.39, 0.29) is 23.3 Å². The minimum Gasteiger partial charge on any atom is -0.484 e. The molecule has 15 heavy (non-hydrogen) atoms. The molecule has 1 rings (SSSR count). The molecule has 0 radical (unpaired) electrons. The van der Waals surface area contributed by atoms with Crippen molar-refractivity contribution in [1.29, 1.82) is 0 Å². The molecule has 0 amide bonds. The Morgan fingerprint density at radius 1 is 1.53 bits per heavy atom. The van der Waals surface area contributed by atoms with Crippen LogP contribution in [0.2, 0.25) is 5.02 Å². The lowest BCUT2D eigenvalue weighted by Crippen LogP contribution is -2.16. The van der Waals surface area contributed by atoms with Gasteiger partial charge in [-0.05, 0) is 18.2 Å². The Morgan fingerprint density at radius 2 is 2.20 bits per heavy atom. The first-order valence-electron chi connectivity index (χ1n) is 4.61. The van der Waals surface area contributed by atoms with Crippen LogP contribution < -0.4 is 4.74 Å². The number of halogens is 2. The molecule has 0 spiro atoms. The highest BCUT2D eigenvalue weighted by molar-refractivity contribution is 6.32. The van der Waals surface area contributed by atoms with Crippen LogP contribution in [0.4, 0.5) is 4.39 Å². The van der Waals surface area contributed by atoms with Gasteiger partial charge in [-0.15, -0.1) is 0 Å². The summed E-state index contributed by atoms with van der Waals surface area (Å²) in [6.45, 7) is 3.54. The van der Waals surface area contributed by atoms with E-state index in [1.54, 1.807) is 13.8 Å². The number of hydrogen-bond donors (Lipinski definition) is 0. The SMILES string of the molecule is CC(C)C(=O)COc1ccc(F)cc1Cl. The summed E-state index contributed by atoms with van der Waals surface area (Å²) < 4.78 is 17.8. The highest BCUT2D eigenvalue weighted by Crippen LogP contribution is 2.24. The van der Waals surface area contributed by atoms with Gasteiger partial charge in [-0.1, -0.05) is 25.4 Å². The molecule has 0 saturated carbocycles. The fraction of sp³-hybridized carbons (Fsp3) is 0.364. The highest BCUT2D eigenvalue weighted by atomic mass is 35.5. The van der Waals surface area contributed by atoms with Gasteiger partial charge in [0.05, 0.1) is 5.02 Å². The molecule has 0 fully saturated rings. The van der Waals surface area contributed by atoms with E-state index in [0.29, 0.717) is 5.75 Å². The smallest absolute Gasteiger partial charge is 0.172 e. The molecule has 4 heteroatoms. The average Bonchev–Trinajstić information content (AvgIpc) is 2.15. The van der Waals surface area contributed by atoms with E-state index in [9.17, 15) is 9.18 Å². The molecule has 0 unspecified atom stereocenters. The van der Waals surface area contributed by atoms with E-state index in [1.165, 1.54) is 12.1 Å². The average molecular weight is 231 g/mol. The first-order valence-corrected chi connectivity index (χ1v) is 4.99. The second-order valence-corrected chi connectivity index (χ2v) is 3.89. The van der Waals surface area contributed by atoms with Crippen LogP contribution in [-0.4, -0.2) is 12.4 Å². The summed E-state index contributed by atoms with van der Waals surface area (Å²) in [5.74, 6) is -0.200. The van der Waals surface area contributed by atoms with E-state index in [1.807, 2.05) is 0 Å². The lowest BCUT2D eigenvalue weighted by molar-refractivity contribution is -0.123. The van der Waals surface area contributed by atoms with Gasteiger partial charge in [-0.25, -0.2) is 4.39 Å². The normalized spacial score (nSPS) is 10.5. The first-order chi connectivity index (χ1) is 7.00. The van der Waals surface area contributed by atoms with Gasteiger partial charge in [0.1, 0.15) is 18.2 Å². The van der Waals surface area contributed by atoms with Crippen LogP contribution in [0.15, 0.2) is 18.2 Å². The number of Topliss-reactive ketones (excluding diaryl/α,β-unsaturated/α-hetero) is 1. The molecule has 0 heterocycles. The third-order valence-electron chi connectivity index (χ3n) is 1.91. The molecule has 1 aromatic carbocycles. The lowest BCUT2D eigenvalue weighted by Gasteiger charge is -2.08. The van der Waals surface area contributed by atoms with E-state index in [2.05, 4.69) is 0 Å². The van der Waals surface area contributed by atoms with Crippen molar-refractivity contribution < 1.29 is 13.9 Å². The maximum Gasteiger partial charge on any atom is 0.172 e. The maximum absolute atomic E-state index is 12.7. The van der Waals surface area contributed by atoms with Crippen LogP contribution in [0.3, 0.4) is 0 Å². The molecule has 0 N–H and O–H groups in total. The fourth-order valence-electron chi connectivity index (χ4n) is 0.908. The Balaban J connectivity index is 2.62. The Bertz CT molecular complexity index is 364. The molecule has 0 bridgehead atoms. The largest absolute Gasteiger partial charge is 0.484 e. The first kappa shape index (κ1) is 12.0. The number of benzene rings is 1. The number of ketones is 1. The van der Waals surface area contributed by atoms with Crippen LogP contribution in [0.1, 0.15) is 13.8 Å². The van der Waals surface area contributed by atoms with Crippen LogP contribution in [-0.2, 0) is 4.79 Å². The van der Waals surface area contributed by atoms with E-state index in [0.717, 1.165) is 6.07 Å². The monoisotopic (exact) mass is 230 g/mol. The molecule has 0 atom stereocenters. The zero-order valence-electron chi connectivity index (χ0n) is 8.59. The summed E-state index contributed by atoms with van der Waals surface area (Å²) in [6, 6.07) is 3.79. The van der Waals surface area contributed by atoms with E-state index in [4.69, 9.17) is 16.3 Å². The molecule has 1 aromatic rings. The zero-order valence-corrected chi connectivity index (χ0v) is 9.34. The van der Waals surface area contributed by atoms with Gasteiger partial charge in [0, 0.05) is 5.92 Å². The summed E-state index contributed by atoms with van der Waals surface area (Å²) in [7, 11) is 0. The van der Waals surface area contributed by atoms with Crippen molar-refractivity contribution in [3.05, 3.63) is 29.0 Å². The Labute approximate surface area is 93.0 Å².